The monoisotopic (exact) mass is 445 g/mol. The van der Waals surface area contributed by atoms with E-state index in [1.165, 1.54) is 0 Å². The maximum absolute atomic E-state index is 6.94. The van der Waals surface area contributed by atoms with Gasteiger partial charge in [-0.2, -0.15) is 5.10 Å². The Balaban J connectivity index is 1.59. The van der Waals surface area contributed by atoms with Gasteiger partial charge in [0.25, 0.3) is 0 Å². The first-order valence-corrected chi connectivity index (χ1v) is 10.7. The van der Waals surface area contributed by atoms with E-state index >= 15 is 0 Å². The van der Waals surface area contributed by atoms with Crippen molar-refractivity contribution >= 4 is 39.9 Å². The van der Waals surface area contributed by atoms with E-state index in [-0.39, 0.29) is 6.17 Å². The molecule has 0 fully saturated rings. The van der Waals surface area contributed by atoms with Crippen LogP contribution >= 0.6 is 23.2 Å². The number of fused-ring (bicyclic) bond motifs is 5. The van der Waals surface area contributed by atoms with Crippen molar-refractivity contribution in [2.75, 3.05) is 5.32 Å². The van der Waals surface area contributed by atoms with E-state index in [0.717, 1.165) is 45.1 Å². The summed E-state index contributed by atoms with van der Waals surface area (Å²) < 4.78 is 3.96. The Hall–Kier alpha value is -3.28. The Kier molecular flexibility index (Phi) is 4.10. The highest BCUT2D eigenvalue weighted by Gasteiger charge is 2.32. The topological polar surface area (TPSA) is 47.7 Å². The minimum atomic E-state index is -0.245. The van der Waals surface area contributed by atoms with Crippen molar-refractivity contribution in [3.63, 3.8) is 0 Å². The van der Waals surface area contributed by atoms with E-state index in [0.29, 0.717) is 10.2 Å². The normalized spacial score (nSPS) is 14.9. The van der Waals surface area contributed by atoms with Crippen LogP contribution in [-0.4, -0.2) is 19.3 Å². The Morgan fingerprint density at radius 1 is 0.903 bits per heavy atom. The number of para-hydroxylation sites is 3. The Morgan fingerprint density at radius 3 is 2.48 bits per heavy atom. The molecule has 0 bridgehead atoms. The number of rotatable bonds is 2. The number of imidazole rings is 1. The SMILES string of the molecule is Cc1nn(-c2ccc(Cl)cc2)c(Cl)c1C1Nc2ccccc2-c2nc3ccccc3n21. The fourth-order valence-electron chi connectivity index (χ4n) is 4.29. The summed E-state index contributed by atoms with van der Waals surface area (Å²) in [5.74, 6) is 0.912. The van der Waals surface area contributed by atoms with Gasteiger partial charge in [-0.15, -0.1) is 0 Å². The zero-order chi connectivity index (χ0) is 21.1. The molecule has 152 valence electrons. The van der Waals surface area contributed by atoms with Crippen LogP contribution < -0.4 is 5.32 Å². The van der Waals surface area contributed by atoms with Gasteiger partial charge in [-0.1, -0.05) is 47.5 Å². The van der Waals surface area contributed by atoms with Gasteiger partial charge < -0.3 is 5.32 Å². The van der Waals surface area contributed by atoms with E-state index in [9.17, 15) is 0 Å². The second-order valence-electron chi connectivity index (χ2n) is 7.56. The van der Waals surface area contributed by atoms with Crippen molar-refractivity contribution in [1.29, 1.82) is 0 Å². The third-order valence-corrected chi connectivity index (χ3v) is 6.32. The summed E-state index contributed by atoms with van der Waals surface area (Å²) >= 11 is 13.0. The minimum absolute atomic E-state index is 0.245. The van der Waals surface area contributed by atoms with Crippen molar-refractivity contribution in [2.45, 2.75) is 13.1 Å². The number of aromatic nitrogens is 4. The summed E-state index contributed by atoms with van der Waals surface area (Å²) in [6, 6.07) is 23.8. The van der Waals surface area contributed by atoms with Gasteiger partial charge in [0.2, 0.25) is 0 Å². The summed E-state index contributed by atoms with van der Waals surface area (Å²) in [6.07, 6.45) is -0.245. The molecule has 5 nitrogen and oxygen atoms in total. The number of nitrogens with one attached hydrogen (secondary N) is 1. The van der Waals surface area contributed by atoms with Gasteiger partial charge in [0, 0.05) is 16.3 Å². The molecule has 1 atom stereocenters. The van der Waals surface area contributed by atoms with Gasteiger partial charge in [-0.05, 0) is 55.5 Å². The minimum Gasteiger partial charge on any atom is -0.360 e. The molecule has 1 N–H and O–H groups in total. The Bertz CT molecular complexity index is 1450. The molecule has 1 aliphatic heterocycles. The molecule has 0 aliphatic carbocycles. The van der Waals surface area contributed by atoms with E-state index < -0.39 is 0 Å². The third-order valence-electron chi connectivity index (χ3n) is 5.71. The first-order valence-electron chi connectivity index (χ1n) is 9.95. The summed E-state index contributed by atoms with van der Waals surface area (Å²) in [5, 5.41) is 9.64. The van der Waals surface area contributed by atoms with E-state index in [2.05, 4.69) is 28.1 Å². The second kappa shape index (κ2) is 6.87. The average Bonchev–Trinajstić information content (AvgIpc) is 3.31. The maximum Gasteiger partial charge on any atom is 0.145 e. The summed E-state index contributed by atoms with van der Waals surface area (Å²) in [6.45, 7) is 1.98. The Morgan fingerprint density at radius 2 is 1.65 bits per heavy atom. The predicted molar refractivity (Wildman–Crippen MR) is 125 cm³/mol. The molecule has 7 heteroatoms. The van der Waals surface area contributed by atoms with E-state index in [1.807, 2.05) is 61.5 Å². The van der Waals surface area contributed by atoms with Gasteiger partial charge in [0.1, 0.15) is 17.1 Å². The molecule has 0 saturated carbocycles. The highest BCUT2D eigenvalue weighted by molar-refractivity contribution is 6.31. The molecule has 0 spiro atoms. The molecule has 0 amide bonds. The second-order valence-corrected chi connectivity index (χ2v) is 8.36. The lowest BCUT2D eigenvalue weighted by Gasteiger charge is -2.30. The quantitative estimate of drug-likeness (QED) is 0.338. The molecule has 1 aliphatic rings. The van der Waals surface area contributed by atoms with E-state index in [4.69, 9.17) is 33.3 Å². The molecule has 3 heterocycles. The number of hydrogen-bond acceptors (Lipinski definition) is 3. The molecular weight excluding hydrogens is 429 g/mol. The first kappa shape index (κ1) is 18.5. The van der Waals surface area contributed by atoms with Crippen molar-refractivity contribution in [2.24, 2.45) is 0 Å². The van der Waals surface area contributed by atoms with E-state index in [1.54, 1.807) is 4.68 Å². The fourth-order valence-corrected chi connectivity index (χ4v) is 4.79. The van der Waals surface area contributed by atoms with Crippen LogP contribution in [0.1, 0.15) is 17.4 Å². The number of benzene rings is 3. The number of aryl methyl sites for hydroxylation is 1. The van der Waals surface area contributed by atoms with Crippen LogP contribution in [0.4, 0.5) is 5.69 Å². The smallest absolute Gasteiger partial charge is 0.145 e. The molecular formula is C24H17Cl2N5. The predicted octanol–water partition coefficient (Wildman–Crippen LogP) is 6.48. The van der Waals surface area contributed by atoms with Gasteiger partial charge in [-0.25, -0.2) is 9.67 Å². The zero-order valence-electron chi connectivity index (χ0n) is 16.6. The number of hydrogen-bond donors (Lipinski definition) is 1. The number of halogens is 2. The highest BCUT2D eigenvalue weighted by atomic mass is 35.5. The van der Waals surface area contributed by atoms with Crippen LogP contribution in [0.3, 0.4) is 0 Å². The van der Waals surface area contributed by atoms with Crippen LogP contribution in [-0.2, 0) is 0 Å². The molecule has 5 aromatic rings. The van der Waals surface area contributed by atoms with Crippen LogP contribution in [0.2, 0.25) is 10.2 Å². The molecule has 0 radical (unpaired) electrons. The zero-order valence-corrected chi connectivity index (χ0v) is 18.1. The van der Waals surface area contributed by atoms with Crippen LogP contribution in [0.15, 0.2) is 72.8 Å². The van der Waals surface area contributed by atoms with Crippen molar-refractivity contribution < 1.29 is 0 Å². The average molecular weight is 446 g/mol. The van der Waals surface area contributed by atoms with Crippen molar-refractivity contribution in [3.05, 3.63) is 94.2 Å². The van der Waals surface area contributed by atoms with Crippen LogP contribution in [0.5, 0.6) is 0 Å². The van der Waals surface area contributed by atoms with Crippen LogP contribution in [0.25, 0.3) is 28.1 Å². The molecule has 3 aromatic carbocycles. The standard InChI is InChI=1S/C24H17Cl2N5/c1-14-21(22(26)31(29-14)16-12-10-15(25)11-13-16)24-27-18-7-3-2-6-17(18)23-28-19-8-4-5-9-20(19)30(23)24/h2-13,24,27H,1H3. The molecule has 0 saturated heterocycles. The highest BCUT2D eigenvalue weighted by Crippen LogP contribution is 2.43. The number of nitrogens with zero attached hydrogens (tertiary/aromatic N) is 4. The lowest BCUT2D eigenvalue weighted by Crippen LogP contribution is -2.25. The third kappa shape index (κ3) is 2.77. The molecule has 2 aromatic heterocycles. The molecule has 1 unspecified atom stereocenters. The first-order chi connectivity index (χ1) is 15.1. The molecule has 31 heavy (non-hydrogen) atoms. The van der Waals surface area contributed by atoms with Crippen molar-refractivity contribution in [1.82, 2.24) is 19.3 Å². The fraction of sp³-hybridized carbons (Fsp3) is 0.0833. The van der Waals surface area contributed by atoms with Gasteiger partial charge in [0.15, 0.2) is 0 Å². The van der Waals surface area contributed by atoms with Crippen molar-refractivity contribution in [3.8, 4) is 17.1 Å². The van der Waals surface area contributed by atoms with Gasteiger partial charge in [0.05, 0.1) is 28.0 Å². The summed E-state index contributed by atoms with van der Waals surface area (Å²) in [4.78, 5) is 4.94. The lowest BCUT2D eigenvalue weighted by atomic mass is 10.1. The molecule has 6 rings (SSSR count). The largest absolute Gasteiger partial charge is 0.360 e. The Labute approximate surface area is 188 Å². The maximum atomic E-state index is 6.94. The number of anilines is 1. The lowest BCUT2D eigenvalue weighted by molar-refractivity contribution is 0.665. The summed E-state index contributed by atoms with van der Waals surface area (Å²) in [5.41, 5.74) is 6.68. The van der Waals surface area contributed by atoms with Gasteiger partial charge in [-0.3, -0.25) is 4.57 Å². The summed E-state index contributed by atoms with van der Waals surface area (Å²) in [7, 11) is 0. The van der Waals surface area contributed by atoms with Crippen LogP contribution in [0, 0.1) is 6.92 Å². The van der Waals surface area contributed by atoms with Gasteiger partial charge >= 0.3 is 0 Å².